The number of aliphatic hydroxyl groups excluding tert-OH is 1. The molecule has 1 aromatic heterocycles. The van der Waals surface area contributed by atoms with Gasteiger partial charge in [-0.2, -0.15) is 0 Å². The highest BCUT2D eigenvalue weighted by Gasteiger charge is 2.36. The van der Waals surface area contributed by atoms with Crippen LogP contribution in [0.3, 0.4) is 0 Å². The van der Waals surface area contributed by atoms with Crippen molar-refractivity contribution >= 4 is 11.3 Å². The summed E-state index contributed by atoms with van der Waals surface area (Å²) in [5, 5.41) is 12.4. The number of hydrogen-bond donors (Lipinski definition) is 1. The number of nitrogens with zero attached hydrogens (tertiary/aromatic N) is 1. The number of aliphatic hydroxyl groups is 1. The molecule has 84 valence electrons. The lowest BCUT2D eigenvalue weighted by Gasteiger charge is -2.39. The van der Waals surface area contributed by atoms with Crippen LogP contribution < -0.4 is 0 Å². The molecule has 1 saturated heterocycles. The maximum absolute atomic E-state index is 10.4. The van der Waals surface area contributed by atoms with Crippen molar-refractivity contribution in [3.63, 3.8) is 0 Å². The Balaban J connectivity index is 2.13. The predicted molar refractivity (Wildman–Crippen MR) is 64.2 cm³/mol. The highest BCUT2D eigenvalue weighted by molar-refractivity contribution is 7.10. The minimum Gasteiger partial charge on any atom is -0.386 e. The normalized spacial score (nSPS) is 20.7. The highest BCUT2D eigenvalue weighted by atomic mass is 32.1. The van der Waals surface area contributed by atoms with E-state index in [1.807, 2.05) is 17.5 Å². The van der Waals surface area contributed by atoms with Gasteiger partial charge in [-0.3, -0.25) is 4.90 Å². The second kappa shape index (κ2) is 4.24. The zero-order valence-electron chi connectivity index (χ0n) is 9.44. The molecule has 0 amide bonds. The van der Waals surface area contributed by atoms with Crippen LogP contribution in [0.1, 0.15) is 37.7 Å². The molecule has 0 aromatic carbocycles. The van der Waals surface area contributed by atoms with Crippen LogP contribution >= 0.6 is 11.3 Å². The fourth-order valence-electron chi connectivity index (χ4n) is 2.26. The van der Waals surface area contributed by atoms with Crippen molar-refractivity contribution in [2.75, 3.05) is 13.1 Å². The SMILES string of the molecule is CC(C)(C(O)c1cccs1)N1CCCC1. The van der Waals surface area contributed by atoms with Crippen molar-refractivity contribution < 1.29 is 5.11 Å². The van der Waals surface area contributed by atoms with Crippen molar-refractivity contribution in [2.24, 2.45) is 0 Å². The Morgan fingerprint density at radius 3 is 2.60 bits per heavy atom. The molecule has 3 heteroatoms. The Kier molecular flexibility index (Phi) is 3.14. The van der Waals surface area contributed by atoms with E-state index in [0.717, 1.165) is 18.0 Å². The van der Waals surface area contributed by atoms with Crippen LogP contribution in [0.5, 0.6) is 0 Å². The van der Waals surface area contributed by atoms with Crippen LogP contribution in [0.15, 0.2) is 17.5 Å². The van der Waals surface area contributed by atoms with Gasteiger partial charge in [0.15, 0.2) is 0 Å². The van der Waals surface area contributed by atoms with Crippen molar-refractivity contribution in [2.45, 2.75) is 38.3 Å². The number of hydrogen-bond acceptors (Lipinski definition) is 3. The van der Waals surface area contributed by atoms with Gasteiger partial charge in [0, 0.05) is 10.4 Å². The molecule has 1 aromatic rings. The Hall–Kier alpha value is -0.380. The van der Waals surface area contributed by atoms with E-state index in [1.54, 1.807) is 11.3 Å². The second-order valence-electron chi connectivity index (χ2n) is 4.77. The van der Waals surface area contributed by atoms with Crippen molar-refractivity contribution in [3.05, 3.63) is 22.4 Å². The molecule has 2 heterocycles. The average Bonchev–Trinajstić information content (AvgIpc) is 2.89. The molecular formula is C12H19NOS. The van der Waals surface area contributed by atoms with Crippen molar-refractivity contribution in [1.29, 1.82) is 0 Å². The lowest BCUT2D eigenvalue weighted by molar-refractivity contribution is 0.00347. The number of thiophene rings is 1. The summed E-state index contributed by atoms with van der Waals surface area (Å²) < 4.78 is 0. The first kappa shape index (κ1) is 11.1. The summed E-state index contributed by atoms with van der Waals surface area (Å²) in [7, 11) is 0. The minimum absolute atomic E-state index is 0.138. The molecular weight excluding hydrogens is 206 g/mol. The summed E-state index contributed by atoms with van der Waals surface area (Å²) >= 11 is 1.64. The van der Waals surface area contributed by atoms with Gasteiger partial charge in [-0.15, -0.1) is 11.3 Å². The molecule has 1 aliphatic heterocycles. The predicted octanol–water partition coefficient (Wildman–Crippen LogP) is 2.66. The van der Waals surface area contributed by atoms with Crippen LogP contribution in [0.4, 0.5) is 0 Å². The summed E-state index contributed by atoms with van der Waals surface area (Å²) in [6, 6.07) is 4.02. The van der Waals surface area contributed by atoms with E-state index in [4.69, 9.17) is 0 Å². The first-order valence-corrected chi connectivity index (χ1v) is 6.47. The van der Waals surface area contributed by atoms with Crippen LogP contribution in [-0.2, 0) is 0 Å². The average molecular weight is 225 g/mol. The van der Waals surface area contributed by atoms with E-state index in [-0.39, 0.29) is 11.6 Å². The highest BCUT2D eigenvalue weighted by Crippen LogP contribution is 2.35. The molecule has 0 saturated carbocycles. The van der Waals surface area contributed by atoms with Crippen LogP contribution in [-0.4, -0.2) is 28.6 Å². The van der Waals surface area contributed by atoms with Gasteiger partial charge in [0.25, 0.3) is 0 Å². The van der Waals surface area contributed by atoms with E-state index >= 15 is 0 Å². The van der Waals surface area contributed by atoms with E-state index in [2.05, 4.69) is 18.7 Å². The van der Waals surface area contributed by atoms with Crippen LogP contribution in [0.25, 0.3) is 0 Å². The number of likely N-dealkylation sites (tertiary alicyclic amines) is 1. The third kappa shape index (κ3) is 2.10. The molecule has 0 bridgehead atoms. The lowest BCUT2D eigenvalue weighted by atomic mass is 9.94. The van der Waals surface area contributed by atoms with E-state index < -0.39 is 0 Å². The smallest absolute Gasteiger partial charge is 0.106 e. The van der Waals surface area contributed by atoms with Gasteiger partial charge in [0.2, 0.25) is 0 Å². The summed E-state index contributed by atoms with van der Waals surface area (Å²) in [6.45, 7) is 6.52. The summed E-state index contributed by atoms with van der Waals surface area (Å²) in [6.07, 6.45) is 2.16. The third-order valence-electron chi connectivity index (χ3n) is 3.40. The van der Waals surface area contributed by atoms with Gasteiger partial charge in [0.1, 0.15) is 6.10 Å². The first-order chi connectivity index (χ1) is 7.12. The molecule has 0 aliphatic carbocycles. The van der Waals surface area contributed by atoms with Gasteiger partial charge in [-0.1, -0.05) is 6.07 Å². The van der Waals surface area contributed by atoms with Gasteiger partial charge in [-0.25, -0.2) is 0 Å². The maximum Gasteiger partial charge on any atom is 0.106 e. The van der Waals surface area contributed by atoms with Crippen molar-refractivity contribution in [1.82, 2.24) is 4.90 Å². The second-order valence-corrected chi connectivity index (χ2v) is 5.75. The largest absolute Gasteiger partial charge is 0.386 e. The molecule has 1 fully saturated rings. The lowest BCUT2D eigenvalue weighted by Crippen LogP contribution is -2.46. The number of rotatable bonds is 3. The Morgan fingerprint density at radius 1 is 1.40 bits per heavy atom. The Bertz CT molecular complexity index is 301. The van der Waals surface area contributed by atoms with Gasteiger partial charge >= 0.3 is 0 Å². The summed E-state index contributed by atoms with van der Waals surface area (Å²) in [5.74, 6) is 0. The summed E-state index contributed by atoms with van der Waals surface area (Å²) in [4.78, 5) is 3.48. The maximum atomic E-state index is 10.4. The fourth-order valence-corrected chi connectivity index (χ4v) is 3.15. The molecule has 1 atom stereocenters. The fraction of sp³-hybridized carbons (Fsp3) is 0.667. The van der Waals surface area contributed by atoms with E-state index in [0.29, 0.717) is 0 Å². The summed E-state index contributed by atoms with van der Waals surface area (Å²) in [5.41, 5.74) is -0.138. The molecule has 1 N–H and O–H groups in total. The van der Waals surface area contributed by atoms with E-state index in [9.17, 15) is 5.11 Å². The topological polar surface area (TPSA) is 23.5 Å². The zero-order chi connectivity index (χ0) is 10.9. The Morgan fingerprint density at radius 2 is 2.07 bits per heavy atom. The van der Waals surface area contributed by atoms with Crippen molar-refractivity contribution in [3.8, 4) is 0 Å². The molecule has 2 nitrogen and oxygen atoms in total. The molecule has 1 aliphatic rings. The Labute approximate surface area is 95.5 Å². The van der Waals surface area contributed by atoms with Gasteiger partial charge < -0.3 is 5.11 Å². The third-order valence-corrected chi connectivity index (χ3v) is 4.33. The van der Waals surface area contributed by atoms with Crippen LogP contribution in [0, 0.1) is 0 Å². The molecule has 15 heavy (non-hydrogen) atoms. The van der Waals surface area contributed by atoms with Gasteiger partial charge in [0.05, 0.1) is 0 Å². The molecule has 2 rings (SSSR count). The van der Waals surface area contributed by atoms with Gasteiger partial charge in [-0.05, 0) is 51.2 Å². The molecule has 0 spiro atoms. The quantitative estimate of drug-likeness (QED) is 0.855. The van der Waals surface area contributed by atoms with E-state index in [1.165, 1.54) is 12.8 Å². The minimum atomic E-state index is -0.365. The first-order valence-electron chi connectivity index (χ1n) is 5.59. The molecule has 1 unspecified atom stereocenters. The monoisotopic (exact) mass is 225 g/mol. The molecule has 0 radical (unpaired) electrons. The van der Waals surface area contributed by atoms with Crippen LogP contribution in [0.2, 0.25) is 0 Å². The standard InChI is InChI=1S/C12H19NOS/c1-12(2,13-7-3-4-8-13)11(14)10-6-5-9-15-10/h5-6,9,11,14H,3-4,7-8H2,1-2H3. The zero-order valence-corrected chi connectivity index (χ0v) is 10.3.